The van der Waals surface area contributed by atoms with Crippen molar-refractivity contribution in [3.63, 3.8) is 0 Å². The van der Waals surface area contributed by atoms with E-state index in [9.17, 15) is 13.6 Å². The Morgan fingerprint density at radius 2 is 2.31 bits per heavy atom. The number of pyridine rings is 1. The van der Waals surface area contributed by atoms with Gasteiger partial charge in [-0.3, -0.25) is 4.79 Å². The van der Waals surface area contributed by atoms with E-state index in [4.69, 9.17) is 15.6 Å². The molecule has 88 valence electrons. The second-order valence-corrected chi connectivity index (χ2v) is 2.99. The summed E-state index contributed by atoms with van der Waals surface area (Å²) < 4.78 is 29.9. The molecule has 3 N–H and O–H groups in total. The van der Waals surface area contributed by atoms with Crippen LogP contribution in [-0.2, 0) is 11.2 Å². The van der Waals surface area contributed by atoms with Crippen molar-refractivity contribution in [3.05, 3.63) is 17.3 Å². The molecule has 0 fully saturated rings. The van der Waals surface area contributed by atoms with Gasteiger partial charge in [-0.15, -0.1) is 0 Å². The summed E-state index contributed by atoms with van der Waals surface area (Å²) in [4.78, 5) is 14.2. The van der Waals surface area contributed by atoms with Gasteiger partial charge in [-0.05, 0) is 6.07 Å². The Bertz CT molecular complexity index is 410. The highest BCUT2D eigenvalue weighted by Crippen LogP contribution is 2.32. The fraction of sp³-hybridized carbons (Fsp3) is 0.333. The van der Waals surface area contributed by atoms with Gasteiger partial charge in [0.25, 0.3) is 6.43 Å². The molecular formula is C9H10F2N2O3. The predicted molar refractivity (Wildman–Crippen MR) is 51.5 cm³/mol. The van der Waals surface area contributed by atoms with Gasteiger partial charge in [0.2, 0.25) is 0 Å². The Labute approximate surface area is 89.9 Å². The minimum atomic E-state index is -2.80. The highest BCUT2D eigenvalue weighted by atomic mass is 19.3. The molecule has 1 aromatic rings. The second-order valence-electron chi connectivity index (χ2n) is 2.99. The Balaban J connectivity index is 3.29. The van der Waals surface area contributed by atoms with Crippen LogP contribution in [0.1, 0.15) is 17.7 Å². The number of nitrogen functional groups attached to an aromatic ring is 1. The summed E-state index contributed by atoms with van der Waals surface area (Å²) in [5.41, 5.74) is 4.74. The molecule has 0 aliphatic heterocycles. The van der Waals surface area contributed by atoms with Crippen LogP contribution in [0.2, 0.25) is 0 Å². The third-order valence-corrected chi connectivity index (χ3v) is 1.85. The van der Waals surface area contributed by atoms with Crippen LogP contribution in [0.15, 0.2) is 6.07 Å². The Hall–Kier alpha value is -1.92. The smallest absolute Gasteiger partial charge is 0.309 e. The largest absolute Gasteiger partial charge is 0.494 e. The Kier molecular flexibility index (Phi) is 3.60. The molecule has 0 bridgehead atoms. The number of methoxy groups -OCH3 is 1. The maximum Gasteiger partial charge on any atom is 0.309 e. The lowest BCUT2D eigenvalue weighted by Crippen LogP contribution is -2.09. The maximum atomic E-state index is 12.6. The molecule has 16 heavy (non-hydrogen) atoms. The fourth-order valence-corrected chi connectivity index (χ4v) is 1.29. The molecule has 0 amide bonds. The van der Waals surface area contributed by atoms with E-state index >= 15 is 0 Å². The van der Waals surface area contributed by atoms with Crippen LogP contribution in [0.25, 0.3) is 0 Å². The third-order valence-electron chi connectivity index (χ3n) is 1.85. The number of carboxylic acid groups (broad SMARTS) is 1. The molecular weight excluding hydrogens is 222 g/mol. The number of rotatable bonds is 4. The first-order valence-electron chi connectivity index (χ1n) is 4.29. The zero-order chi connectivity index (χ0) is 12.3. The number of aromatic nitrogens is 1. The van der Waals surface area contributed by atoms with Crippen molar-refractivity contribution in [2.45, 2.75) is 12.8 Å². The van der Waals surface area contributed by atoms with Gasteiger partial charge < -0.3 is 15.6 Å². The summed E-state index contributed by atoms with van der Waals surface area (Å²) in [5, 5.41) is 8.58. The lowest BCUT2D eigenvalue weighted by Gasteiger charge is -2.12. The number of nitrogens with zero attached hydrogens (tertiary/aromatic N) is 1. The number of anilines is 1. The number of alkyl halides is 2. The topological polar surface area (TPSA) is 85.4 Å². The first-order chi connectivity index (χ1) is 7.45. The van der Waals surface area contributed by atoms with Crippen molar-refractivity contribution >= 4 is 11.8 Å². The molecule has 0 aliphatic rings. The van der Waals surface area contributed by atoms with E-state index in [0.717, 1.165) is 6.07 Å². The van der Waals surface area contributed by atoms with Crippen molar-refractivity contribution in [2.24, 2.45) is 0 Å². The van der Waals surface area contributed by atoms with Crippen molar-refractivity contribution in [1.82, 2.24) is 4.98 Å². The van der Waals surface area contributed by atoms with Crippen molar-refractivity contribution in [1.29, 1.82) is 0 Å². The summed E-state index contributed by atoms with van der Waals surface area (Å²) in [6.45, 7) is 0. The summed E-state index contributed by atoms with van der Waals surface area (Å²) in [6.07, 6.45) is -3.32. The van der Waals surface area contributed by atoms with E-state index in [2.05, 4.69) is 4.98 Å². The van der Waals surface area contributed by atoms with E-state index in [0.29, 0.717) is 0 Å². The fourth-order valence-electron chi connectivity index (χ4n) is 1.29. The number of halogens is 2. The number of ether oxygens (including phenoxy) is 1. The molecule has 0 aliphatic carbocycles. The van der Waals surface area contributed by atoms with Gasteiger partial charge in [0, 0.05) is 0 Å². The first kappa shape index (κ1) is 12.2. The molecule has 0 spiro atoms. The normalized spacial score (nSPS) is 10.5. The molecule has 1 aromatic heterocycles. The number of hydrogen-bond donors (Lipinski definition) is 2. The average molecular weight is 232 g/mol. The molecule has 0 aromatic carbocycles. The number of carboxylic acids is 1. The van der Waals surface area contributed by atoms with Crippen molar-refractivity contribution in [3.8, 4) is 5.75 Å². The van der Waals surface area contributed by atoms with Gasteiger partial charge >= 0.3 is 5.97 Å². The minimum absolute atomic E-state index is 0.106. The van der Waals surface area contributed by atoms with Crippen LogP contribution < -0.4 is 10.5 Å². The van der Waals surface area contributed by atoms with Gasteiger partial charge in [0.05, 0.1) is 24.8 Å². The molecule has 5 nitrogen and oxygen atoms in total. The summed E-state index contributed by atoms with van der Waals surface area (Å²) in [5.74, 6) is -1.59. The minimum Gasteiger partial charge on any atom is -0.494 e. The number of nitrogens with two attached hydrogens (primary N) is 1. The van der Waals surface area contributed by atoms with E-state index in [1.807, 2.05) is 0 Å². The van der Waals surface area contributed by atoms with Gasteiger partial charge in [0.1, 0.15) is 11.6 Å². The van der Waals surface area contributed by atoms with Gasteiger partial charge in [0.15, 0.2) is 0 Å². The monoisotopic (exact) mass is 232 g/mol. The zero-order valence-corrected chi connectivity index (χ0v) is 8.41. The van der Waals surface area contributed by atoms with E-state index < -0.39 is 24.4 Å². The molecule has 0 saturated carbocycles. The van der Waals surface area contributed by atoms with Gasteiger partial charge in [-0.25, -0.2) is 13.8 Å². The first-order valence-corrected chi connectivity index (χ1v) is 4.29. The lowest BCUT2D eigenvalue weighted by molar-refractivity contribution is -0.136. The predicted octanol–water partition coefficient (Wildman–Crippen LogP) is 1.24. The number of aliphatic carboxylic acids is 1. The molecule has 0 atom stereocenters. The van der Waals surface area contributed by atoms with Crippen LogP contribution in [0.5, 0.6) is 5.75 Å². The molecule has 0 saturated heterocycles. The third kappa shape index (κ3) is 2.56. The summed E-state index contributed by atoms with van der Waals surface area (Å²) in [7, 11) is 1.17. The van der Waals surface area contributed by atoms with E-state index in [1.165, 1.54) is 7.11 Å². The quantitative estimate of drug-likeness (QED) is 0.815. The molecule has 0 radical (unpaired) electrons. The Morgan fingerprint density at radius 3 is 2.75 bits per heavy atom. The molecule has 0 unspecified atom stereocenters. The second kappa shape index (κ2) is 4.73. The SMILES string of the molecule is COc1c(C(F)F)cc(N)nc1CC(=O)O. The van der Waals surface area contributed by atoms with Crippen LogP contribution in [0, 0.1) is 0 Å². The molecule has 1 rings (SSSR count). The molecule has 1 heterocycles. The van der Waals surface area contributed by atoms with Gasteiger partial charge in [-0.2, -0.15) is 0 Å². The number of hydrogen-bond acceptors (Lipinski definition) is 4. The number of carbonyl (C=O) groups is 1. The van der Waals surface area contributed by atoms with Crippen LogP contribution in [0.3, 0.4) is 0 Å². The lowest BCUT2D eigenvalue weighted by atomic mass is 10.1. The van der Waals surface area contributed by atoms with Crippen molar-refractivity contribution in [2.75, 3.05) is 12.8 Å². The highest BCUT2D eigenvalue weighted by molar-refractivity contribution is 5.71. The summed E-state index contributed by atoms with van der Waals surface area (Å²) in [6, 6.07) is 0.967. The van der Waals surface area contributed by atoms with E-state index in [1.54, 1.807) is 0 Å². The van der Waals surface area contributed by atoms with Crippen LogP contribution in [0.4, 0.5) is 14.6 Å². The van der Waals surface area contributed by atoms with E-state index in [-0.39, 0.29) is 17.3 Å². The average Bonchev–Trinajstić information content (AvgIpc) is 2.15. The summed E-state index contributed by atoms with van der Waals surface area (Å²) >= 11 is 0. The molecule has 7 heteroatoms. The zero-order valence-electron chi connectivity index (χ0n) is 8.41. The van der Waals surface area contributed by atoms with Crippen molar-refractivity contribution < 1.29 is 23.4 Å². The van der Waals surface area contributed by atoms with Gasteiger partial charge in [-0.1, -0.05) is 0 Å². The maximum absolute atomic E-state index is 12.6. The Morgan fingerprint density at radius 1 is 1.69 bits per heavy atom. The highest BCUT2D eigenvalue weighted by Gasteiger charge is 2.20. The van der Waals surface area contributed by atoms with Crippen LogP contribution >= 0.6 is 0 Å². The van der Waals surface area contributed by atoms with Crippen LogP contribution in [-0.4, -0.2) is 23.2 Å². The standard InChI is InChI=1S/C9H10F2N2O3/c1-16-8-4(9(10)11)2-6(12)13-5(8)3-7(14)15/h2,9H,3H2,1H3,(H2,12,13)(H,14,15).